The third-order valence-electron chi connectivity index (χ3n) is 2.96. The predicted octanol–water partition coefficient (Wildman–Crippen LogP) is 4.34. The Morgan fingerprint density at radius 3 is 2.23 bits per heavy atom. The fourth-order valence-electron chi connectivity index (χ4n) is 1.85. The molecule has 2 aromatic carbocycles. The summed E-state index contributed by atoms with van der Waals surface area (Å²) in [6, 6.07) is 14.1. The van der Waals surface area contributed by atoms with Crippen molar-refractivity contribution in [2.45, 2.75) is 6.18 Å². The van der Waals surface area contributed by atoms with E-state index < -0.39 is 11.7 Å². The van der Waals surface area contributed by atoms with Crippen LogP contribution in [0.3, 0.4) is 0 Å². The fourth-order valence-corrected chi connectivity index (χ4v) is 1.85. The summed E-state index contributed by atoms with van der Waals surface area (Å²) in [6.45, 7) is 0.588. The molecule has 0 radical (unpaired) electrons. The maximum atomic E-state index is 12.6. The first-order valence-corrected chi connectivity index (χ1v) is 6.76. The van der Waals surface area contributed by atoms with Crippen molar-refractivity contribution in [3.05, 3.63) is 71.8 Å². The molecule has 0 aliphatic heterocycles. The van der Waals surface area contributed by atoms with Gasteiger partial charge in [0.25, 0.3) is 0 Å². The number of ether oxygens (including phenoxy) is 1. The van der Waals surface area contributed by atoms with Crippen molar-refractivity contribution in [2.75, 3.05) is 13.6 Å². The van der Waals surface area contributed by atoms with Gasteiger partial charge >= 0.3 is 6.18 Å². The van der Waals surface area contributed by atoms with E-state index in [1.165, 1.54) is 12.1 Å². The number of alkyl halides is 3. The molecule has 5 heteroatoms. The van der Waals surface area contributed by atoms with Crippen molar-refractivity contribution in [2.24, 2.45) is 0 Å². The lowest BCUT2D eigenvalue weighted by atomic mass is 10.1. The summed E-state index contributed by atoms with van der Waals surface area (Å²) in [7, 11) is 1.80. The number of halogens is 3. The number of rotatable bonds is 5. The largest absolute Gasteiger partial charge is 0.457 e. The Bertz CT molecular complexity index is 619. The standard InChI is InChI=1S/C17H16F3NO/c1-21-12-11-16(13-5-3-2-4-6-13)22-15-9-7-14(8-10-15)17(18,19)20/h2-11,21H,12H2,1H3/b16-11+. The van der Waals surface area contributed by atoms with Crippen LogP contribution in [-0.2, 0) is 6.18 Å². The second kappa shape index (κ2) is 7.13. The van der Waals surface area contributed by atoms with Crippen molar-refractivity contribution < 1.29 is 17.9 Å². The summed E-state index contributed by atoms with van der Waals surface area (Å²) < 4.78 is 43.4. The quantitative estimate of drug-likeness (QED) is 0.829. The van der Waals surface area contributed by atoms with Crippen LogP contribution in [0.15, 0.2) is 60.7 Å². The van der Waals surface area contributed by atoms with E-state index in [2.05, 4.69) is 5.32 Å². The van der Waals surface area contributed by atoms with Gasteiger partial charge in [0.2, 0.25) is 0 Å². The lowest BCUT2D eigenvalue weighted by Crippen LogP contribution is -2.07. The lowest BCUT2D eigenvalue weighted by Gasteiger charge is -2.12. The smallest absolute Gasteiger partial charge is 0.416 e. The van der Waals surface area contributed by atoms with Gasteiger partial charge in [-0.15, -0.1) is 0 Å². The molecule has 0 saturated carbocycles. The van der Waals surface area contributed by atoms with E-state index >= 15 is 0 Å². The normalized spacial score (nSPS) is 12.3. The van der Waals surface area contributed by atoms with Crippen molar-refractivity contribution in [3.63, 3.8) is 0 Å². The monoisotopic (exact) mass is 307 g/mol. The van der Waals surface area contributed by atoms with Crippen molar-refractivity contribution in [3.8, 4) is 5.75 Å². The Hall–Kier alpha value is -2.27. The summed E-state index contributed by atoms with van der Waals surface area (Å²) in [5.41, 5.74) is 0.165. The first-order chi connectivity index (χ1) is 10.5. The van der Waals surface area contributed by atoms with Gasteiger partial charge in [0.1, 0.15) is 11.5 Å². The Morgan fingerprint density at radius 2 is 1.68 bits per heavy atom. The van der Waals surface area contributed by atoms with Gasteiger partial charge in [-0.2, -0.15) is 13.2 Å². The van der Waals surface area contributed by atoms with Crippen LogP contribution < -0.4 is 10.1 Å². The van der Waals surface area contributed by atoms with E-state index in [9.17, 15) is 13.2 Å². The van der Waals surface area contributed by atoms with Gasteiger partial charge in [-0.3, -0.25) is 0 Å². The molecule has 0 aromatic heterocycles. The van der Waals surface area contributed by atoms with E-state index in [0.717, 1.165) is 17.7 Å². The average molecular weight is 307 g/mol. The highest BCUT2D eigenvalue weighted by molar-refractivity contribution is 5.62. The average Bonchev–Trinajstić information content (AvgIpc) is 2.52. The number of likely N-dealkylation sites (N-methyl/N-ethyl adjacent to an activating group) is 1. The van der Waals surface area contributed by atoms with E-state index in [-0.39, 0.29) is 0 Å². The van der Waals surface area contributed by atoms with Crippen molar-refractivity contribution in [1.29, 1.82) is 0 Å². The molecule has 0 aliphatic rings. The maximum Gasteiger partial charge on any atom is 0.416 e. The first-order valence-electron chi connectivity index (χ1n) is 6.76. The highest BCUT2D eigenvalue weighted by Crippen LogP contribution is 2.31. The van der Waals surface area contributed by atoms with E-state index in [4.69, 9.17) is 4.74 Å². The molecular formula is C17H16F3NO. The Labute approximate surface area is 127 Å². The third kappa shape index (κ3) is 4.36. The summed E-state index contributed by atoms with van der Waals surface area (Å²) in [5.74, 6) is 0.953. The molecule has 0 bridgehead atoms. The molecule has 0 saturated heterocycles. The Balaban J connectivity index is 2.21. The maximum absolute atomic E-state index is 12.6. The molecule has 22 heavy (non-hydrogen) atoms. The highest BCUT2D eigenvalue weighted by Gasteiger charge is 2.30. The molecule has 0 aliphatic carbocycles. The van der Waals surface area contributed by atoms with Crippen LogP contribution in [0, 0.1) is 0 Å². The van der Waals surface area contributed by atoms with Crippen LogP contribution >= 0.6 is 0 Å². The molecule has 2 aromatic rings. The number of nitrogens with one attached hydrogen (secondary N) is 1. The van der Waals surface area contributed by atoms with E-state index in [1.54, 1.807) is 7.05 Å². The van der Waals surface area contributed by atoms with Crippen LogP contribution in [0.1, 0.15) is 11.1 Å². The minimum Gasteiger partial charge on any atom is -0.457 e. The second-order valence-corrected chi connectivity index (χ2v) is 4.62. The SMILES string of the molecule is CNC/C=C(/Oc1ccc(C(F)(F)F)cc1)c1ccccc1. The van der Waals surface area contributed by atoms with Crippen LogP contribution in [-0.4, -0.2) is 13.6 Å². The van der Waals surface area contributed by atoms with Crippen LogP contribution in [0.25, 0.3) is 5.76 Å². The van der Waals surface area contributed by atoms with E-state index in [0.29, 0.717) is 18.1 Å². The van der Waals surface area contributed by atoms with Gasteiger partial charge in [-0.1, -0.05) is 30.3 Å². The van der Waals surface area contributed by atoms with Crippen LogP contribution in [0.4, 0.5) is 13.2 Å². The van der Waals surface area contributed by atoms with Gasteiger partial charge in [0.15, 0.2) is 0 Å². The summed E-state index contributed by atoms with van der Waals surface area (Å²) in [4.78, 5) is 0. The van der Waals surface area contributed by atoms with Crippen molar-refractivity contribution >= 4 is 5.76 Å². The molecular weight excluding hydrogens is 291 g/mol. The zero-order valence-corrected chi connectivity index (χ0v) is 12.0. The van der Waals surface area contributed by atoms with Gasteiger partial charge in [-0.25, -0.2) is 0 Å². The van der Waals surface area contributed by atoms with Crippen LogP contribution in [0.5, 0.6) is 5.75 Å². The topological polar surface area (TPSA) is 21.3 Å². The molecule has 0 heterocycles. The second-order valence-electron chi connectivity index (χ2n) is 4.62. The van der Waals surface area contributed by atoms with Gasteiger partial charge < -0.3 is 10.1 Å². The van der Waals surface area contributed by atoms with Crippen LogP contribution in [0.2, 0.25) is 0 Å². The summed E-state index contributed by atoms with van der Waals surface area (Å²) in [6.07, 6.45) is -2.50. The lowest BCUT2D eigenvalue weighted by molar-refractivity contribution is -0.137. The summed E-state index contributed by atoms with van der Waals surface area (Å²) >= 11 is 0. The van der Waals surface area contributed by atoms with Gasteiger partial charge in [0.05, 0.1) is 5.56 Å². The molecule has 2 rings (SSSR count). The molecule has 0 spiro atoms. The minimum absolute atomic E-state index is 0.360. The molecule has 0 amide bonds. The number of hydrogen-bond acceptors (Lipinski definition) is 2. The molecule has 1 N–H and O–H groups in total. The van der Waals surface area contributed by atoms with E-state index in [1.807, 2.05) is 36.4 Å². The fraction of sp³-hybridized carbons (Fsp3) is 0.176. The third-order valence-corrected chi connectivity index (χ3v) is 2.96. The van der Waals surface area contributed by atoms with Gasteiger partial charge in [0, 0.05) is 12.1 Å². The zero-order valence-electron chi connectivity index (χ0n) is 12.0. The molecule has 2 nitrogen and oxygen atoms in total. The Kier molecular flexibility index (Phi) is 5.22. The van der Waals surface area contributed by atoms with Gasteiger partial charge in [-0.05, 0) is 37.4 Å². The molecule has 0 fully saturated rings. The molecule has 0 atom stereocenters. The van der Waals surface area contributed by atoms with Crippen molar-refractivity contribution in [1.82, 2.24) is 5.32 Å². The zero-order chi connectivity index (χ0) is 16.0. The highest BCUT2D eigenvalue weighted by atomic mass is 19.4. The number of hydrogen-bond donors (Lipinski definition) is 1. The predicted molar refractivity (Wildman–Crippen MR) is 80.4 cm³/mol. The first kappa shape index (κ1) is 16.1. The Morgan fingerprint density at radius 1 is 1.05 bits per heavy atom. The minimum atomic E-state index is -4.34. The molecule has 0 unspecified atom stereocenters. The molecule has 116 valence electrons. The number of benzene rings is 2. The summed E-state index contributed by atoms with van der Waals surface area (Å²) in [5, 5.41) is 2.98.